The van der Waals surface area contributed by atoms with Crippen LogP contribution in [0.5, 0.6) is 0 Å². The van der Waals surface area contributed by atoms with Gasteiger partial charge >= 0.3 is 0 Å². The number of piperidine rings is 1. The van der Waals surface area contributed by atoms with Gasteiger partial charge in [-0.15, -0.1) is 0 Å². The molecule has 0 atom stereocenters. The molecular weight excluding hydrogens is 410 g/mol. The number of H-pyrrole nitrogens is 1. The van der Waals surface area contributed by atoms with Crippen molar-refractivity contribution in [3.05, 3.63) is 60.3 Å². The highest BCUT2D eigenvalue weighted by Gasteiger charge is 2.29. The molecule has 1 saturated heterocycles. The summed E-state index contributed by atoms with van der Waals surface area (Å²) in [6.45, 7) is 2.32. The van der Waals surface area contributed by atoms with Crippen LogP contribution in [0.2, 0.25) is 0 Å². The summed E-state index contributed by atoms with van der Waals surface area (Å²) in [5.41, 5.74) is 4.81. The van der Waals surface area contributed by atoms with E-state index in [0.29, 0.717) is 38.5 Å². The number of hydrogen-bond acceptors (Lipinski definition) is 4. The predicted molar refractivity (Wildman–Crippen MR) is 126 cm³/mol. The number of aliphatic hydroxyl groups is 1. The van der Waals surface area contributed by atoms with E-state index in [0.717, 1.165) is 18.4 Å². The number of nitrogens with zero attached hydrogens (tertiary/aromatic N) is 1. The fourth-order valence-electron chi connectivity index (χ4n) is 4.45. The molecule has 2 heterocycles. The van der Waals surface area contributed by atoms with Gasteiger partial charge in [0.15, 0.2) is 0 Å². The van der Waals surface area contributed by atoms with E-state index in [1.165, 1.54) is 22.1 Å². The molecule has 166 valence electrons. The molecule has 0 unspecified atom stereocenters. The van der Waals surface area contributed by atoms with E-state index in [-0.39, 0.29) is 12.4 Å². The number of aromatic amines is 1. The minimum Gasteiger partial charge on any atom is -0.395 e. The third-order valence-electron chi connectivity index (χ3n) is 6.15. The molecule has 1 aliphatic heterocycles. The molecule has 2 aromatic carbocycles. The summed E-state index contributed by atoms with van der Waals surface area (Å²) in [4.78, 5) is 3.39. The quantitative estimate of drug-likeness (QED) is 0.445. The Balaban J connectivity index is 1.42. The second kappa shape index (κ2) is 9.96. The van der Waals surface area contributed by atoms with Crippen LogP contribution in [0.3, 0.4) is 0 Å². The average Bonchev–Trinajstić information content (AvgIpc) is 3.23. The van der Waals surface area contributed by atoms with Crippen molar-refractivity contribution in [2.75, 3.05) is 38.5 Å². The van der Waals surface area contributed by atoms with E-state index < -0.39 is 10.0 Å². The number of sulfonamides is 1. The Labute approximate surface area is 184 Å². The minimum atomic E-state index is -3.22. The van der Waals surface area contributed by atoms with Gasteiger partial charge in [0, 0.05) is 36.7 Å². The van der Waals surface area contributed by atoms with E-state index in [1.54, 1.807) is 4.31 Å². The standard InChI is InChI=1S/C24H31N3O3S/c28-15-12-25-11-4-16-31(29,30)27-13-9-20(10-14-27)23-18-26-24-8-7-21(17-22(23)24)19-5-2-1-3-6-19/h1-3,5-8,17-18,20,25-26,28H,4,9-16H2. The molecule has 0 bridgehead atoms. The van der Waals surface area contributed by atoms with Crippen LogP contribution in [0, 0.1) is 0 Å². The smallest absolute Gasteiger partial charge is 0.214 e. The largest absolute Gasteiger partial charge is 0.395 e. The second-order valence-corrected chi connectivity index (χ2v) is 10.3. The fraction of sp³-hybridized carbons (Fsp3) is 0.417. The van der Waals surface area contributed by atoms with Crippen LogP contribution in [-0.2, 0) is 10.0 Å². The molecule has 0 aliphatic carbocycles. The lowest BCUT2D eigenvalue weighted by Gasteiger charge is -2.31. The lowest BCUT2D eigenvalue weighted by molar-refractivity contribution is 0.292. The summed E-state index contributed by atoms with van der Waals surface area (Å²) < 4.78 is 27.0. The van der Waals surface area contributed by atoms with E-state index in [1.807, 2.05) is 6.07 Å². The van der Waals surface area contributed by atoms with Crippen molar-refractivity contribution < 1.29 is 13.5 Å². The highest BCUT2D eigenvalue weighted by atomic mass is 32.2. The van der Waals surface area contributed by atoms with Crippen LogP contribution in [-0.4, -0.2) is 61.4 Å². The number of hydrogen-bond donors (Lipinski definition) is 3. The number of aliphatic hydroxyl groups excluding tert-OH is 1. The van der Waals surface area contributed by atoms with Crippen LogP contribution >= 0.6 is 0 Å². The zero-order valence-corrected chi connectivity index (χ0v) is 18.6. The second-order valence-electron chi connectivity index (χ2n) is 8.19. The molecule has 6 nitrogen and oxygen atoms in total. The van der Waals surface area contributed by atoms with Gasteiger partial charge in [-0.25, -0.2) is 12.7 Å². The van der Waals surface area contributed by atoms with Crippen molar-refractivity contribution >= 4 is 20.9 Å². The Morgan fingerprint density at radius 1 is 1.03 bits per heavy atom. The summed E-state index contributed by atoms with van der Waals surface area (Å²) >= 11 is 0. The molecule has 1 fully saturated rings. The van der Waals surface area contributed by atoms with E-state index in [4.69, 9.17) is 5.11 Å². The maximum atomic E-state index is 12.7. The molecule has 7 heteroatoms. The van der Waals surface area contributed by atoms with Gasteiger partial charge in [0.05, 0.1) is 12.4 Å². The number of fused-ring (bicyclic) bond motifs is 1. The molecule has 3 aromatic rings. The number of aromatic nitrogens is 1. The van der Waals surface area contributed by atoms with Crippen molar-refractivity contribution in [1.82, 2.24) is 14.6 Å². The SMILES string of the molecule is O=S(=O)(CCCNCCO)N1CCC(c2c[nH]c3ccc(-c4ccccc4)cc23)CC1. The third kappa shape index (κ3) is 5.18. The van der Waals surface area contributed by atoms with Gasteiger partial charge in [-0.2, -0.15) is 0 Å². The number of rotatable bonds is 9. The van der Waals surface area contributed by atoms with Crippen molar-refractivity contribution in [2.45, 2.75) is 25.2 Å². The summed E-state index contributed by atoms with van der Waals surface area (Å²) in [5, 5.41) is 13.0. The number of benzene rings is 2. The van der Waals surface area contributed by atoms with Gasteiger partial charge in [0.1, 0.15) is 0 Å². The molecule has 1 aliphatic rings. The zero-order valence-electron chi connectivity index (χ0n) is 17.8. The van der Waals surface area contributed by atoms with Crippen LogP contribution in [0.1, 0.15) is 30.7 Å². The first kappa shape index (κ1) is 22.0. The fourth-order valence-corrected chi connectivity index (χ4v) is 5.98. The Kier molecular flexibility index (Phi) is 7.07. The summed E-state index contributed by atoms with van der Waals surface area (Å²) in [7, 11) is -3.22. The van der Waals surface area contributed by atoms with Gasteiger partial charge in [0.25, 0.3) is 0 Å². The summed E-state index contributed by atoms with van der Waals surface area (Å²) in [6, 6.07) is 16.9. The van der Waals surface area contributed by atoms with E-state index in [2.05, 4.69) is 59.0 Å². The highest BCUT2D eigenvalue weighted by molar-refractivity contribution is 7.89. The molecule has 1 aromatic heterocycles. The predicted octanol–water partition coefficient (Wildman–Crippen LogP) is 3.32. The van der Waals surface area contributed by atoms with Gasteiger partial charge in [0.2, 0.25) is 10.0 Å². The molecule has 0 saturated carbocycles. The Morgan fingerprint density at radius 2 is 1.81 bits per heavy atom. The van der Waals surface area contributed by atoms with Crippen molar-refractivity contribution in [3.8, 4) is 11.1 Å². The monoisotopic (exact) mass is 441 g/mol. The van der Waals surface area contributed by atoms with Crippen LogP contribution in [0.15, 0.2) is 54.7 Å². The van der Waals surface area contributed by atoms with E-state index >= 15 is 0 Å². The first-order chi connectivity index (χ1) is 15.1. The Morgan fingerprint density at radius 3 is 2.55 bits per heavy atom. The average molecular weight is 442 g/mol. The first-order valence-corrected chi connectivity index (χ1v) is 12.7. The topological polar surface area (TPSA) is 85.4 Å². The molecule has 4 rings (SSSR count). The zero-order chi connectivity index (χ0) is 21.7. The highest BCUT2D eigenvalue weighted by Crippen LogP contribution is 2.35. The van der Waals surface area contributed by atoms with Gasteiger partial charge in [-0.05, 0) is 60.5 Å². The Bertz CT molecular complexity index is 1090. The third-order valence-corrected chi connectivity index (χ3v) is 8.11. The van der Waals surface area contributed by atoms with Gasteiger partial charge in [-0.3, -0.25) is 0 Å². The van der Waals surface area contributed by atoms with Crippen LogP contribution in [0.4, 0.5) is 0 Å². The van der Waals surface area contributed by atoms with Gasteiger partial charge in [-0.1, -0.05) is 36.4 Å². The first-order valence-electron chi connectivity index (χ1n) is 11.0. The van der Waals surface area contributed by atoms with Gasteiger partial charge < -0.3 is 15.4 Å². The molecule has 0 amide bonds. The molecular formula is C24H31N3O3S. The molecule has 3 N–H and O–H groups in total. The summed E-state index contributed by atoms with van der Waals surface area (Å²) in [5.74, 6) is 0.515. The molecule has 0 radical (unpaired) electrons. The van der Waals surface area contributed by atoms with Crippen LogP contribution < -0.4 is 5.32 Å². The lowest BCUT2D eigenvalue weighted by Crippen LogP contribution is -2.39. The Hall–Kier alpha value is -2.19. The van der Waals surface area contributed by atoms with Crippen LogP contribution in [0.25, 0.3) is 22.0 Å². The van der Waals surface area contributed by atoms with Crippen molar-refractivity contribution in [3.63, 3.8) is 0 Å². The summed E-state index contributed by atoms with van der Waals surface area (Å²) in [6.07, 6.45) is 4.34. The maximum absolute atomic E-state index is 12.7. The molecule has 31 heavy (non-hydrogen) atoms. The van der Waals surface area contributed by atoms with E-state index in [9.17, 15) is 8.42 Å². The lowest BCUT2D eigenvalue weighted by atomic mass is 9.89. The number of nitrogens with one attached hydrogen (secondary N) is 2. The molecule has 0 spiro atoms. The normalized spacial score (nSPS) is 16.2. The van der Waals surface area contributed by atoms with Crippen molar-refractivity contribution in [1.29, 1.82) is 0 Å². The van der Waals surface area contributed by atoms with Crippen molar-refractivity contribution in [2.24, 2.45) is 0 Å². The minimum absolute atomic E-state index is 0.0704. The maximum Gasteiger partial charge on any atom is 0.214 e.